The van der Waals surface area contributed by atoms with Gasteiger partial charge in [-0.25, -0.2) is 8.78 Å². The van der Waals surface area contributed by atoms with Crippen LogP contribution in [-0.4, -0.2) is 67.4 Å². The van der Waals surface area contributed by atoms with E-state index in [-0.39, 0.29) is 24.4 Å². The van der Waals surface area contributed by atoms with E-state index in [9.17, 15) is 35.1 Å². The Morgan fingerprint density at radius 1 is 0.627 bits per heavy atom. The van der Waals surface area contributed by atoms with Crippen LogP contribution in [0.15, 0.2) is 84.9 Å². The minimum atomic E-state index is -4.59. The Morgan fingerprint density at radius 2 is 1.03 bits per heavy atom. The highest BCUT2D eigenvalue weighted by Crippen LogP contribution is 2.38. The predicted octanol–water partition coefficient (Wildman–Crippen LogP) is 12.3. The zero-order valence-corrected chi connectivity index (χ0v) is 35.4. The van der Waals surface area contributed by atoms with Crippen LogP contribution in [0.3, 0.4) is 0 Å². The second-order valence-electron chi connectivity index (χ2n) is 14.3. The van der Waals surface area contributed by atoms with Crippen molar-refractivity contribution < 1.29 is 54.1 Å². The number of likely N-dealkylation sites (tertiary alicyclic amines) is 1. The summed E-state index contributed by atoms with van der Waals surface area (Å²) in [7, 11) is 0. The summed E-state index contributed by atoms with van der Waals surface area (Å²) >= 11 is 14.7. The Kier molecular flexibility index (Phi) is 17.8. The number of ether oxygens (including phenoxy) is 4. The van der Waals surface area contributed by atoms with Crippen LogP contribution in [-0.2, 0) is 12.4 Å². The van der Waals surface area contributed by atoms with Crippen molar-refractivity contribution in [2.75, 3.05) is 51.3 Å². The zero-order chi connectivity index (χ0) is 43.3. The molecule has 6 nitrogen and oxygen atoms in total. The summed E-state index contributed by atoms with van der Waals surface area (Å²) in [6.45, 7) is 8.26. The number of halogens is 11. The Morgan fingerprint density at radius 3 is 1.44 bits per heavy atom. The van der Waals surface area contributed by atoms with E-state index >= 15 is 0 Å². The van der Waals surface area contributed by atoms with Crippen LogP contribution in [0.25, 0.3) is 0 Å². The maximum atomic E-state index is 13.3. The van der Waals surface area contributed by atoms with Crippen LogP contribution in [0, 0.1) is 11.6 Å². The molecule has 0 saturated carbocycles. The summed E-state index contributed by atoms with van der Waals surface area (Å²) < 4.78 is 124. The molecule has 2 aliphatic heterocycles. The van der Waals surface area contributed by atoms with Crippen molar-refractivity contribution in [2.45, 2.75) is 63.1 Å². The Hall–Kier alpha value is -3.50. The van der Waals surface area contributed by atoms with Crippen molar-refractivity contribution in [2.24, 2.45) is 0 Å². The fourth-order valence-electron chi connectivity index (χ4n) is 6.12. The van der Waals surface area contributed by atoms with E-state index in [1.54, 1.807) is 12.1 Å². The third-order valence-electron chi connectivity index (χ3n) is 9.43. The van der Waals surface area contributed by atoms with E-state index < -0.39 is 46.6 Å². The lowest BCUT2D eigenvalue weighted by atomic mass is 9.93. The van der Waals surface area contributed by atoms with Crippen LogP contribution in [0.5, 0.6) is 23.0 Å². The normalized spacial score (nSPS) is 16.4. The number of hydrogen-bond donors (Lipinski definition) is 1. The van der Waals surface area contributed by atoms with Gasteiger partial charge in [-0.1, -0.05) is 39.1 Å². The predicted molar refractivity (Wildman–Crippen MR) is 216 cm³/mol. The molecule has 4 aromatic rings. The molecule has 2 saturated heterocycles. The molecule has 17 heteroatoms. The van der Waals surface area contributed by atoms with Gasteiger partial charge in [-0.2, -0.15) is 26.3 Å². The molecule has 0 bridgehead atoms. The summed E-state index contributed by atoms with van der Waals surface area (Å²) in [4.78, 5) is 2.10. The van der Waals surface area contributed by atoms with Gasteiger partial charge >= 0.3 is 12.4 Å². The first-order valence-corrected chi connectivity index (χ1v) is 20.5. The molecule has 2 aliphatic rings. The van der Waals surface area contributed by atoms with Crippen molar-refractivity contribution in [3.63, 3.8) is 0 Å². The van der Waals surface area contributed by atoms with Gasteiger partial charge in [0.05, 0.1) is 17.7 Å². The van der Waals surface area contributed by atoms with Gasteiger partial charge in [-0.15, -0.1) is 0 Å². The second kappa shape index (κ2) is 21.8. The molecule has 0 spiro atoms. The Bertz CT molecular complexity index is 1890. The molecule has 2 fully saturated rings. The van der Waals surface area contributed by atoms with E-state index in [2.05, 4.69) is 33.1 Å². The number of benzene rings is 4. The smallest absolute Gasteiger partial charge is 0.419 e. The van der Waals surface area contributed by atoms with Gasteiger partial charge in [-0.05, 0) is 125 Å². The molecule has 6 rings (SSSR count). The molecule has 0 atom stereocenters. The average Bonchev–Trinajstić information content (AvgIpc) is 3.16. The van der Waals surface area contributed by atoms with Crippen LogP contribution in [0.2, 0.25) is 10.0 Å². The number of alkyl halides is 7. The number of piperidine rings is 2. The zero-order valence-electron chi connectivity index (χ0n) is 32.3. The molecule has 324 valence electrons. The van der Waals surface area contributed by atoms with Gasteiger partial charge in [0.15, 0.2) is 0 Å². The third-order valence-corrected chi connectivity index (χ3v) is 10.3. The molecular weight excluding hydrogens is 899 g/mol. The molecule has 0 unspecified atom stereocenters. The molecule has 1 N–H and O–H groups in total. The molecule has 59 heavy (non-hydrogen) atoms. The fraction of sp³-hybridized carbons (Fsp3) is 0.429. The molecule has 0 aliphatic carbocycles. The number of nitrogens with zero attached hydrogens (tertiary/aromatic N) is 1. The standard InChI is InChI=1S/C21H22ClF4NO2.C12H16ClNO.C9H7BrF4O/c1-20(29-17-5-2-15(22)3-6-17)8-10-27(11-9-20)12-13-28-19-14-16(23)4-7-18(19)21(24,25)26;1-12(6-8-14-9-7-12)15-11-4-2-10(13)3-5-11;10-3-4-15-8-5-6(11)1-2-7(8)9(12,13)14/h2-7,14H,8-13H2,1H3;2-5,14H,6-9H2,1H3;1-2,5H,3-4H2. The molecule has 2 heterocycles. The highest BCUT2D eigenvalue weighted by atomic mass is 79.9. The second-order valence-corrected chi connectivity index (χ2v) is 15.9. The Labute approximate surface area is 357 Å². The minimum Gasteiger partial charge on any atom is -0.492 e. The van der Waals surface area contributed by atoms with Crippen molar-refractivity contribution in [3.8, 4) is 23.0 Å². The van der Waals surface area contributed by atoms with Crippen molar-refractivity contribution >= 4 is 39.1 Å². The van der Waals surface area contributed by atoms with Gasteiger partial charge in [-0.3, -0.25) is 4.90 Å². The van der Waals surface area contributed by atoms with Gasteiger partial charge in [0.1, 0.15) is 52.4 Å². The SMILES string of the molecule is CC1(Oc2ccc(Cl)cc2)CCN(CCOc2cc(F)ccc2C(F)(F)F)CC1.CC1(Oc2ccc(Cl)cc2)CCNCC1.Fc1ccc(C(F)(F)F)c(OCCBr)c1. The summed E-state index contributed by atoms with van der Waals surface area (Å²) in [6, 6.07) is 19.2. The summed E-state index contributed by atoms with van der Waals surface area (Å²) in [6.07, 6.45) is -5.48. The number of hydrogen-bond acceptors (Lipinski definition) is 6. The lowest BCUT2D eigenvalue weighted by Crippen LogP contribution is -2.47. The topological polar surface area (TPSA) is 52.2 Å². The molecule has 0 aromatic heterocycles. The largest absolute Gasteiger partial charge is 0.492 e. The first kappa shape index (κ1) is 48.2. The molecule has 0 amide bonds. The Balaban J connectivity index is 0.000000215. The highest BCUT2D eigenvalue weighted by molar-refractivity contribution is 9.09. The van der Waals surface area contributed by atoms with Gasteiger partial charge in [0, 0.05) is 47.1 Å². The maximum Gasteiger partial charge on any atom is 0.419 e. The lowest BCUT2D eigenvalue weighted by molar-refractivity contribution is -0.139. The molecule has 0 radical (unpaired) electrons. The third kappa shape index (κ3) is 16.1. The van der Waals surface area contributed by atoms with E-state index in [0.29, 0.717) is 29.0 Å². The maximum absolute atomic E-state index is 13.3. The van der Waals surface area contributed by atoms with E-state index in [4.69, 9.17) is 42.1 Å². The quantitative estimate of drug-likeness (QED) is 0.119. The lowest BCUT2D eigenvalue weighted by Gasteiger charge is -2.39. The molecular formula is C42H45BrCl2F8N2O4. The summed E-state index contributed by atoms with van der Waals surface area (Å²) in [5.74, 6) is -0.829. The van der Waals surface area contributed by atoms with Crippen LogP contribution < -0.4 is 24.3 Å². The fourth-order valence-corrected chi connectivity index (χ4v) is 6.53. The van der Waals surface area contributed by atoms with Gasteiger partial charge in [0.2, 0.25) is 0 Å². The van der Waals surface area contributed by atoms with Crippen molar-refractivity contribution in [1.82, 2.24) is 10.2 Å². The summed E-state index contributed by atoms with van der Waals surface area (Å²) in [5.41, 5.74) is -2.29. The highest BCUT2D eigenvalue weighted by Gasteiger charge is 2.36. The van der Waals surface area contributed by atoms with E-state index in [1.165, 1.54) is 0 Å². The molecule has 4 aromatic carbocycles. The summed E-state index contributed by atoms with van der Waals surface area (Å²) in [5, 5.41) is 5.10. The number of nitrogens with one attached hydrogen (secondary N) is 1. The number of rotatable bonds is 11. The van der Waals surface area contributed by atoms with Crippen molar-refractivity contribution in [3.05, 3.63) is 118 Å². The first-order chi connectivity index (χ1) is 27.8. The van der Waals surface area contributed by atoms with Gasteiger partial charge in [0.25, 0.3) is 0 Å². The van der Waals surface area contributed by atoms with Crippen LogP contribution in [0.4, 0.5) is 35.1 Å². The van der Waals surface area contributed by atoms with Crippen LogP contribution in [0.1, 0.15) is 50.7 Å². The minimum absolute atomic E-state index is 0.0287. The van der Waals surface area contributed by atoms with Crippen LogP contribution >= 0.6 is 39.1 Å². The van der Waals surface area contributed by atoms with Crippen molar-refractivity contribution in [1.29, 1.82) is 0 Å². The van der Waals surface area contributed by atoms with E-state index in [1.807, 2.05) is 43.3 Å². The van der Waals surface area contributed by atoms with Gasteiger partial charge < -0.3 is 24.3 Å². The first-order valence-electron chi connectivity index (χ1n) is 18.6. The average molecular weight is 945 g/mol. The van der Waals surface area contributed by atoms with E-state index in [0.717, 1.165) is 92.6 Å². The monoisotopic (exact) mass is 942 g/mol.